The van der Waals surface area contributed by atoms with Crippen molar-refractivity contribution in [1.29, 1.82) is 0 Å². The second kappa shape index (κ2) is 5.14. The molecule has 2 heterocycles. The number of anilines is 1. The molecule has 2 aromatic rings. The van der Waals surface area contributed by atoms with Crippen LogP contribution in [0.5, 0.6) is 0 Å². The number of rotatable bonds is 3. The van der Waals surface area contributed by atoms with Gasteiger partial charge in [0.15, 0.2) is 0 Å². The molecular weight excluding hydrogens is 256 g/mol. The standard InChI is InChI=1S/C11H11ClN4O2/c1-6(2)7-3-10(18-16-7)15-11(17)8-4-13-5-9(12)14-8/h3-6H,1-2H3,(H,15,17). The van der Waals surface area contributed by atoms with E-state index in [-0.39, 0.29) is 22.6 Å². The Kier molecular flexibility index (Phi) is 3.57. The van der Waals surface area contributed by atoms with Crippen molar-refractivity contribution in [3.05, 3.63) is 35.0 Å². The van der Waals surface area contributed by atoms with E-state index in [2.05, 4.69) is 20.4 Å². The summed E-state index contributed by atoms with van der Waals surface area (Å²) < 4.78 is 4.99. The monoisotopic (exact) mass is 266 g/mol. The van der Waals surface area contributed by atoms with Crippen LogP contribution in [-0.2, 0) is 0 Å². The molecule has 2 aromatic heterocycles. The number of amides is 1. The number of carbonyl (C=O) groups excluding carboxylic acids is 1. The Hall–Kier alpha value is -1.95. The van der Waals surface area contributed by atoms with E-state index in [1.807, 2.05) is 13.8 Å². The third kappa shape index (κ3) is 2.84. The van der Waals surface area contributed by atoms with Crippen LogP contribution in [0, 0.1) is 0 Å². The van der Waals surface area contributed by atoms with Crippen LogP contribution in [0.2, 0.25) is 5.15 Å². The first kappa shape index (κ1) is 12.5. The summed E-state index contributed by atoms with van der Waals surface area (Å²) in [6.07, 6.45) is 2.67. The number of carbonyl (C=O) groups is 1. The molecule has 0 aliphatic carbocycles. The third-order valence-electron chi connectivity index (χ3n) is 2.19. The molecular formula is C11H11ClN4O2. The average Bonchev–Trinajstić information content (AvgIpc) is 2.77. The van der Waals surface area contributed by atoms with Gasteiger partial charge in [-0.3, -0.25) is 15.1 Å². The molecule has 6 nitrogen and oxygen atoms in total. The molecule has 0 saturated carbocycles. The van der Waals surface area contributed by atoms with Gasteiger partial charge in [-0.15, -0.1) is 0 Å². The van der Waals surface area contributed by atoms with Crippen LogP contribution in [0.15, 0.2) is 23.0 Å². The molecule has 18 heavy (non-hydrogen) atoms. The van der Waals surface area contributed by atoms with Crippen LogP contribution in [0.1, 0.15) is 35.9 Å². The Balaban J connectivity index is 2.11. The van der Waals surface area contributed by atoms with E-state index in [4.69, 9.17) is 16.1 Å². The van der Waals surface area contributed by atoms with Gasteiger partial charge >= 0.3 is 0 Å². The van der Waals surface area contributed by atoms with Crippen molar-refractivity contribution in [2.24, 2.45) is 0 Å². The fraction of sp³-hybridized carbons (Fsp3) is 0.273. The predicted octanol–water partition coefficient (Wildman–Crippen LogP) is 2.49. The van der Waals surface area contributed by atoms with Crippen molar-refractivity contribution in [3.8, 4) is 0 Å². The summed E-state index contributed by atoms with van der Waals surface area (Å²) >= 11 is 5.65. The molecule has 1 amide bonds. The average molecular weight is 267 g/mol. The lowest BCUT2D eigenvalue weighted by molar-refractivity contribution is 0.101. The summed E-state index contributed by atoms with van der Waals surface area (Å²) in [6.45, 7) is 3.96. The molecule has 0 bridgehead atoms. The maximum absolute atomic E-state index is 11.8. The smallest absolute Gasteiger partial charge is 0.278 e. The van der Waals surface area contributed by atoms with Gasteiger partial charge in [-0.25, -0.2) is 4.98 Å². The van der Waals surface area contributed by atoms with Crippen LogP contribution in [-0.4, -0.2) is 21.0 Å². The van der Waals surface area contributed by atoms with Crippen molar-refractivity contribution < 1.29 is 9.32 Å². The van der Waals surface area contributed by atoms with E-state index < -0.39 is 5.91 Å². The number of nitrogens with one attached hydrogen (secondary N) is 1. The van der Waals surface area contributed by atoms with E-state index >= 15 is 0 Å². The maximum atomic E-state index is 11.8. The predicted molar refractivity (Wildman–Crippen MR) is 65.6 cm³/mol. The molecule has 0 radical (unpaired) electrons. The van der Waals surface area contributed by atoms with E-state index in [9.17, 15) is 4.79 Å². The molecule has 94 valence electrons. The normalized spacial score (nSPS) is 10.7. The molecule has 0 spiro atoms. The fourth-order valence-electron chi connectivity index (χ4n) is 1.25. The summed E-state index contributed by atoms with van der Waals surface area (Å²) in [5.74, 6) is 0.0484. The van der Waals surface area contributed by atoms with E-state index in [1.165, 1.54) is 12.4 Å². The fourth-order valence-corrected chi connectivity index (χ4v) is 1.39. The van der Waals surface area contributed by atoms with Crippen molar-refractivity contribution in [2.75, 3.05) is 5.32 Å². The van der Waals surface area contributed by atoms with Gasteiger partial charge in [0.05, 0.1) is 18.1 Å². The molecule has 0 unspecified atom stereocenters. The van der Waals surface area contributed by atoms with Gasteiger partial charge in [0.2, 0.25) is 5.88 Å². The van der Waals surface area contributed by atoms with Gasteiger partial charge in [-0.2, -0.15) is 0 Å². The minimum atomic E-state index is -0.448. The highest BCUT2D eigenvalue weighted by Crippen LogP contribution is 2.17. The topological polar surface area (TPSA) is 80.9 Å². The molecule has 0 aliphatic rings. The Bertz CT molecular complexity index is 568. The van der Waals surface area contributed by atoms with E-state index in [0.717, 1.165) is 5.69 Å². The molecule has 0 aliphatic heterocycles. The van der Waals surface area contributed by atoms with Gasteiger partial charge in [-0.1, -0.05) is 30.6 Å². The lowest BCUT2D eigenvalue weighted by Gasteiger charge is -1.99. The summed E-state index contributed by atoms with van der Waals surface area (Å²) in [5.41, 5.74) is 0.882. The molecule has 0 aromatic carbocycles. The second-order valence-corrected chi connectivity index (χ2v) is 4.34. The summed E-state index contributed by atoms with van der Waals surface area (Å²) in [6, 6.07) is 1.67. The molecule has 2 rings (SSSR count). The highest BCUT2D eigenvalue weighted by molar-refractivity contribution is 6.29. The van der Waals surface area contributed by atoms with Gasteiger partial charge in [0, 0.05) is 6.07 Å². The van der Waals surface area contributed by atoms with Crippen molar-refractivity contribution >= 4 is 23.4 Å². The lowest BCUT2D eigenvalue weighted by Crippen LogP contribution is -2.13. The Morgan fingerprint density at radius 2 is 2.22 bits per heavy atom. The Morgan fingerprint density at radius 1 is 1.44 bits per heavy atom. The zero-order valence-corrected chi connectivity index (χ0v) is 10.6. The quantitative estimate of drug-likeness (QED) is 0.923. The molecule has 0 fully saturated rings. The molecule has 0 saturated heterocycles. The zero-order valence-electron chi connectivity index (χ0n) is 9.85. The third-order valence-corrected chi connectivity index (χ3v) is 2.38. The Morgan fingerprint density at radius 3 is 2.83 bits per heavy atom. The van der Waals surface area contributed by atoms with Crippen LogP contribution < -0.4 is 5.32 Å². The van der Waals surface area contributed by atoms with Gasteiger partial charge in [-0.05, 0) is 5.92 Å². The molecule has 0 atom stereocenters. The van der Waals surface area contributed by atoms with Gasteiger partial charge in [0.25, 0.3) is 5.91 Å². The Labute approximate surface area is 108 Å². The number of halogens is 1. The van der Waals surface area contributed by atoms with Crippen molar-refractivity contribution in [3.63, 3.8) is 0 Å². The highest BCUT2D eigenvalue weighted by Gasteiger charge is 2.13. The molecule has 1 N–H and O–H groups in total. The van der Waals surface area contributed by atoms with Crippen LogP contribution >= 0.6 is 11.6 Å². The summed E-state index contributed by atoms with van der Waals surface area (Å²) in [4.78, 5) is 19.4. The SMILES string of the molecule is CC(C)c1cc(NC(=O)c2cncc(Cl)n2)on1. The zero-order chi connectivity index (χ0) is 13.1. The number of hydrogen-bond donors (Lipinski definition) is 1. The minimum absolute atomic E-state index is 0.116. The molecule has 7 heteroatoms. The minimum Gasteiger partial charge on any atom is -0.338 e. The first-order chi connectivity index (χ1) is 8.56. The maximum Gasteiger partial charge on any atom is 0.278 e. The first-order valence-electron chi connectivity index (χ1n) is 5.32. The van der Waals surface area contributed by atoms with Crippen molar-refractivity contribution in [2.45, 2.75) is 19.8 Å². The van der Waals surface area contributed by atoms with E-state index in [0.29, 0.717) is 0 Å². The number of hydrogen-bond acceptors (Lipinski definition) is 5. The summed E-state index contributed by atoms with van der Waals surface area (Å²) in [7, 11) is 0. The number of nitrogens with zero attached hydrogens (tertiary/aromatic N) is 3. The van der Waals surface area contributed by atoms with E-state index in [1.54, 1.807) is 6.07 Å². The van der Waals surface area contributed by atoms with Crippen molar-refractivity contribution in [1.82, 2.24) is 15.1 Å². The first-order valence-corrected chi connectivity index (χ1v) is 5.69. The lowest BCUT2D eigenvalue weighted by atomic mass is 10.1. The van der Waals surface area contributed by atoms with Gasteiger partial charge in [0.1, 0.15) is 10.8 Å². The largest absolute Gasteiger partial charge is 0.338 e. The number of aromatic nitrogens is 3. The second-order valence-electron chi connectivity index (χ2n) is 3.95. The van der Waals surface area contributed by atoms with Crippen LogP contribution in [0.25, 0.3) is 0 Å². The van der Waals surface area contributed by atoms with Crippen LogP contribution in [0.3, 0.4) is 0 Å². The van der Waals surface area contributed by atoms with Crippen LogP contribution in [0.4, 0.5) is 5.88 Å². The van der Waals surface area contributed by atoms with Gasteiger partial charge < -0.3 is 4.52 Å². The summed E-state index contributed by atoms with van der Waals surface area (Å²) in [5, 5.41) is 6.52. The highest BCUT2D eigenvalue weighted by atomic mass is 35.5.